The molecule has 0 bridgehead atoms. The lowest BCUT2D eigenvalue weighted by atomic mass is 10.1. The van der Waals surface area contributed by atoms with Crippen LogP contribution >= 0.6 is 50.5 Å². The second-order valence-electron chi connectivity index (χ2n) is 3.56. The monoisotopic (exact) mass is 334 g/mol. The summed E-state index contributed by atoms with van der Waals surface area (Å²) in [5.41, 5.74) is 2.16. The Morgan fingerprint density at radius 1 is 1.31 bits per heavy atom. The van der Waals surface area contributed by atoms with Crippen molar-refractivity contribution >= 4 is 50.5 Å². The summed E-state index contributed by atoms with van der Waals surface area (Å²) in [6.07, 6.45) is 0. The largest absolute Gasteiger partial charge is 0.146 e. The van der Waals surface area contributed by atoms with Crippen molar-refractivity contribution in [2.75, 3.05) is 0 Å². The molecule has 0 aliphatic heterocycles. The van der Waals surface area contributed by atoms with Crippen molar-refractivity contribution in [3.63, 3.8) is 0 Å². The van der Waals surface area contributed by atoms with Gasteiger partial charge < -0.3 is 0 Å². The van der Waals surface area contributed by atoms with E-state index in [1.807, 2.05) is 30.5 Å². The minimum Gasteiger partial charge on any atom is -0.146 e. The van der Waals surface area contributed by atoms with Gasteiger partial charge in [-0.25, -0.2) is 0 Å². The van der Waals surface area contributed by atoms with Gasteiger partial charge in [-0.2, -0.15) is 0 Å². The van der Waals surface area contributed by atoms with Gasteiger partial charge in [-0.15, -0.1) is 22.9 Å². The van der Waals surface area contributed by atoms with Crippen LogP contribution < -0.4 is 0 Å². The van der Waals surface area contributed by atoms with Crippen LogP contribution in [-0.2, 0) is 0 Å². The average molecular weight is 336 g/mol. The van der Waals surface area contributed by atoms with Crippen molar-refractivity contribution in [1.29, 1.82) is 0 Å². The molecule has 1 atom stereocenters. The number of hydrogen-bond donors (Lipinski definition) is 0. The molecule has 0 amide bonds. The molecule has 2 aromatic rings. The normalized spacial score (nSPS) is 12.8. The van der Waals surface area contributed by atoms with Crippen LogP contribution in [0.2, 0.25) is 5.02 Å². The van der Waals surface area contributed by atoms with Crippen LogP contribution in [-0.4, -0.2) is 0 Å². The maximum atomic E-state index is 6.44. The SMILES string of the molecule is Cc1cc(Cl)cc(C(Cl)c2sccc2Br)c1. The van der Waals surface area contributed by atoms with E-state index in [0.717, 1.165) is 25.5 Å². The maximum absolute atomic E-state index is 6.44. The number of alkyl halides is 1. The number of halogens is 3. The van der Waals surface area contributed by atoms with Gasteiger partial charge in [0.1, 0.15) is 0 Å². The van der Waals surface area contributed by atoms with Crippen molar-refractivity contribution in [1.82, 2.24) is 0 Å². The number of benzene rings is 1. The predicted molar refractivity (Wildman–Crippen MR) is 75.9 cm³/mol. The molecule has 4 heteroatoms. The van der Waals surface area contributed by atoms with E-state index in [9.17, 15) is 0 Å². The molecule has 1 aromatic heterocycles. The first-order valence-electron chi connectivity index (χ1n) is 4.72. The Morgan fingerprint density at radius 2 is 2.06 bits per heavy atom. The molecule has 1 heterocycles. The second kappa shape index (κ2) is 5.09. The first kappa shape index (κ1) is 12.4. The smallest absolute Gasteiger partial charge is 0.0939 e. The van der Waals surface area contributed by atoms with E-state index in [2.05, 4.69) is 22.0 Å². The Labute approximate surface area is 117 Å². The Morgan fingerprint density at radius 3 is 2.62 bits per heavy atom. The van der Waals surface area contributed by atoms with E-state index in [1.54, 1.807) is 11.3 Å². The molecule has 2 rings (SSSR count). The van der Waals surface area contributed by atoms with Gasteiger partial charge in [-0.3, -0.25) is 0 Å². The van der Waals surface area contributed by atoms with Gasteiger partial charge in [0.15, 0.2) is 0 Å². The molecule has 1 unspecified atom stereocenters. The van der Waals surface area contributed by atoms with Gasteiger partial charge in [0.2, 0.25) is 0 Å². The minimum atomic E-state index is -0.147. The van der Waals surface area contributed by atoms with Gasteiger partial charge >= 0.3 is 0 Å². The summed E-state index contributed by atoms with van der Waals surface area (Å²) < 4.78 is 1.05. The summed E-state index contributed by atoms with van der Waals surface area (Å²) in [5, 5.41) is 2.60. The summed E-state index contributed by atoms with van der Waals surface area (Å²) in [6, 6.07) is 7.92. The molecule has 0 saturated carbocycles. The predicted octanol–water partition coefficient (Wildman–Crippen LogP) is 5.80. The molecule has 0 aliphatic rings. The van der Waals surface area contributed by atoms with Crippen molar-refractivity contribution in [2.24, 2.45) is 0 Å². The van der Waals surface area contributed by atoms with Crippen LogP contribution in [0.4, 0.5) is 0 Å². The highest BCUT2D eigenvalue weighted by molar-refractivity contribution is 9.10. The number of hydrogen-bond acceptors (Lipinski definition) is 1. The van der Waals surface area contributed by atoms with E-state index in [-0.39, 0.29) is 5.38 Å². The summed E-state index contributed by atoms with van der Waals surface area (Å²) >= 11 is 17.6. The van der Waals surface area contributed by atoms with E-state index in [1.165, 1.54) is 0 Å². The van der Waals surface area contributed by atoms with Crippen molar-refractivity contribution in [3.8, 4) is 0 Å². The number of rotatable bonds is 2. The molecule has 0 spiro atoms. The lowest BCUT2D eigenvalue weighted by Gasteiger charge is -2.10. The molecular formula is C12H9BrCl2S. The Hall–Kier alpha value is -0.0200. The minimum absolute atomic E-state index is 0.147. The van der Waals surface area contributed by atoms with Gasteiger partial charge in [-0.05, 0) is 57.6 Å². The lowest BCUT2D eigenvalue weighted by molar-refractivity contribution is 1.16. The third-order valence-electron chi connectivity index (χ3n) is 2.23. The first-order valence-corrected chi connectivity index (χ1v) is 7.20. The Bertz CT molecular complexity index is 487. The third-order valence-corrected chi connectivity index (χ3v) is 4.99. The zero-order valence-corrected chi connectivity index (χ0v) is 12.4. The van der Waals surface area contributed by atoms with Crippen LogP contribution in [0.1, 0.15) is 21.4 Å². The van der Waals surface area contributed by atoms with Gasteiger partial charge in [0.05, 0.1) is 5.38 Å². The average Bonchev–Trinajstić information content (AvgIpc) is 2.62. The molecule has 1 aromatic carbocycles. The topological polar surface area (TPSA) is 0 Å². The zero-order chi connectivity index (χ0) is 11.7. The standard InChI is InChI=1S/C12H9BrCl2S/c1-7-4-8(6-9(14)5-7)11(15)12-10(13)2-3-16-12/h2-6,11H,1H3. The van der Waals surface area contributed by atoms with Crippen LogP contribution in [0, 0.1) is 6.92 Å². The van der Waals surface area contributed by atoms with E-state index in [4.69, 9.17) is 23.2 Å². The van der Waals surface area contributed by atoms with Crippen molar-refractivity contribution in [2.45, 2.75) is 12.3 Å². The molecule has 0 nitrogen and oxygen atoms in total. The fourth-order valence-corrected chi connectivity index (χ4v) is 3.98. The van der Waals surface area contributed by atoms with E-state index < -0.39 is 0 Å². The summed E-state index contributed by atoms with van der Waals surface area (Å²) in [7, 11) is 0. The quantitative estimate of drug-likeness (QED) is 0.608. The van der Waals surface area contributed by atoms with Crippen molar-refractivity contribution < 1.29 is 0 Å². The van der Waals surface area contributed by atoms with Crippen molar-refractivity contribution in [3.05, 3.63) is 55.1 Å². The number of thiophene rings is 1. The molecule has 0 fully saturated rings. The molecule has 0 N–H and O–H groups in total. The van der Waals surface area contributed by atoms with Gasteiger partial charge in [-0.1, -0.05) is 17.7 Å². The molecule has 16 heavy (non-hydrogen) atoms. The van der Waals surface area contributed by atoms with E-state index >= 15 is 0 Å². The third kappa shape index (κ3) is 2.62. The highest BCUT2D eigenvalue weighted by atomic mass is 79.9. The summed E-state index contributed by atoms with van der Waals surface area (Å²) in [5.74, 6) is 0. The molecule has 0 radical (unpaired) electrons. The zero-order valence-electron chi connectivity index (χ0n) is 8.51. The maximum Gasteiger partial charge on any atom is 0.0939 e. The lowest BCUT2D eigenvalue weighted by Crippen LogP contribution is -1.92. The van der Waals surface area contributed by atoms with Gasteiger partial charge in [0, 0.05) is 14.4 Å². The molecule has 0 aliphatic carbocycles. The first-order chi connectivity index (χ1) is 7.58. The Kier molecular flexibility index (Phi) is 3.96. The van der Waals surface area contributed by atoms with Crippen LogP contribution in [0.15, 0.2) is 34.1 Å². The highest BCUT2D eigenvalue weighted by Crippen LogP contribution is 2.38. The van der Waals surface area contributed by atoms with Crippen LogP contribution in [0.3, 0.4) is 0 Å². The second-order valence-corrected chi connectivity index (χ2v) is 6.23. The summed E-state index contributed by atoms with van der Waals surface area (Å²) in [6.45, 7) is 2.02. The fourth-order valence-electron chi connectivity index (χ4n) is 1.55. The molecule has 84 valence electrons. The van der Waals surface area contributed by atoms with Gasteiger partial charge in [0.25, 0.3) is 0 Å². The fraction of sp³-hybridized carbons (Fsp3) is 0.167. The number of aryl methyl sites for hydroxylation is 1. The Balaban J connectivity index is 2.41. The molecular weight excluding hydrogens is 327 g/mol. The van der Waals surface area contributed by atoms with Crippen LogP contribution in [0.25, 0.3) is 0 Å². The van der Waals surface area contributed by atoms with E-state index in [0.29, 0.717) is 0 Å². The van der Waals surface area contributed by atoms with Crippen LogP contribution in [0.5, 0.6) is 0 Å². The highest BCUT2D eigenvalue weighted by Gasteiger charge is 2.16. The molecule has 0 saturated heterocycles. The summed E-state index contributed by atoms with van der Waals surface area (Å²) in [4.78, 5) is 1.11.